The van der Waals surface area contributed by atoms with E-state index in [0.717, 1.165) is 28.6 Å². The molecule has 2 aromatic rings. The van der Waals surface area contributed by atoms with Crippen LogP contribution >= 0.6 is 11.3 Å². The summed E-state index contributed by atoms with van der Waals surface area (Å²) in [5, 5.41) is 1.14. The summed E-state index contributed by atoms with van der Waals surface area (Å²) in [5.41, 5.74) is 8.82. The van der Waals surface area contributed by atoms with E-state index in [-0.39, 0.29) is 0 Å². The van der Waals surface area contributed by atoms with Gasteiger partial charge in [0.05, 0.1) is 12.2 Å². The molecule has 0 radical (unpaired) electrons. The van der Waals surface area contributed by atoms with Crippen molar-refractivity contribution in [2.75, 3.05) is 17.7 Å². The molecule has 1 aromatic heterocycles. The first-order valence-electron chi connectivity index (χ1n) is 5.56. The first kappa shape index (κ1) is 11.9. The van der Waals surface area contributed by atoms with Crippen LogP contribution in [0.4, 0.5) is 11.4 Å². The molecule has 0 atom stereocenters. The minimum Gasteiger partial charge on any atom is -0.399 e. The molecule has 0 saturated heterocycles. The predicted octanol–water partition coefficient (Wildman–Crippen LogP) is 2.98. The van der Waals surface area contributed by atoms with Crippen LogP contribution in [0, 0.1) is 13.8 Å². The van der Waals surface area contributed by atoms with Crippen LogP contribution in [0.15, 0.2) is 24.3 Å². The lowest BCUT2D eigenvalue weighted by Gasteiger charge is -2.18. The number of nitrogens with two attached hydrogens (primary N) is 1. The third-order valence-electron chi connectivity index (χ3n) is 2.76. The third-order valence-corrected chi connectivity index (χ3v) is 3.81. The van der Waals surface area contributed by atoms with Gasteiger partial charge in [-0.3, -0.25) is 0 Å². The third kappa shape index (κ3) is 2.77. The summed E-state index contributed by atoms with van der Waals surface area (Å²) >= 11 is 1.76. The normalized spacial score (nSPS) is 10.5. The number of nitrogen functional groups attached to an aromatic ring is 1. The van der Waals surface area contributed by atoms with E-state index in [0.29, 0.717) is 0 Å². The second-order valence-corrected chi connectivity index (χ2v) is 5.49. The van der Waals surface area contributed by atoms with Crippen molar-refractivity contribution in [2.24, 2.45) is 0 Å². The summed E-state index contributed by atoms with van der Waals surface area (Å²) in [5.74, 6) is 0. The minimum absolute atomic E-state index is 0.792. The Morgan fingerprint density at radius 1 is 1.35 bits per heavy atom. The summed E-state index contributed by atoms with van der Waals surface area (Å²) in [6, 6.07) is 7.91. The largest absolute Gasteiger partial charge is 0.399 e. The van der Waals surface area contributed by atoms with Gasteiger partial charge in [0.25, 0.3) is 0 Å². The van der Waals surface area contributed by atoms with Gasteiger partial charge >= 0.3 is 0 Å². The van der Waals surface area contributed by atoms with E-state index in [4.69, 9.17) is 5.73 Å². The number of aromatic nitrogens is 1. The van der Waals surface area contributed by atoms with Crippen molar-refractivity contribution in [3.63, 3.8) is 0 Å². The molecule has 0 fully saturated rings. The van der Waals surface area contributed by atoms with E-state index in [1.165, 1.54) is 4.88 Å². The Labute approximate surface area is 106 Å². The van der Waals surface area contributed by atoms with E-state index in [2.05, 4.69) is 36.8 Å². The fourth-order valence-corrected chi connectivity index (χ4v) is 2.65. The van der Waals surface area contributed by atoms with Gasteiger partial charge in [0.15, 0.2) is 0 Å². The van der Waals surface area contributed by atoms with E-state index in [9.17, 15) is 0 Å². The fourth-order valence-electron chi connectivity index (χ4n) is 1.66. The molecule has 1 heterocycles. The van der Waals surface area contributed by atoms with Crippen molar-refractivity contribution >= 4 is 22.7 Å². The molecule has 0 aliphatic rings. The zero-order chi connectivity index (χ0) is 12.4. The van der Waals surface area contributed by atoms with E-state index in [1.807, 2.05) is 18.2 Å². The van der Waals surface area contributed by atoms with Crippen LogP contribution in [0.1, 0.15) is 15.6 Å². The number of anilines is 2. The second-order valence-electron chi connectivity index (χ2n) is 4.20. The van der Waals surface area contributed by atoms with E-state index >= 15 is 0 Å². The van der Waals surface area contributed by atoms with Gasteiger partial charge in [-0.15, -0.1) is 11.3 Å². The van der Waals surface area contributed by atoms with Crippen molar-refractivity contribution in [2.45, 2.75) is 20.4 Å². The zero-order valence-corrected chi connectivity index (χ0v) is 11.2. The van der Waals surface area contributed by atoms with Crippen molar-refractivity contribution in [3.8, 4) is 0 Å². The van der Waals surface area contributed by atoms with Crippen LogP contribution < -0.4 is 10.6 Å². The molecular formula is C13H17N3S. The molecule has 0 spiro atoms. The standard InChI is InChI=1S/C13H17N3S/c1-9-10(2)17-13(15-9)8-16(3)12-6-4-5-11(14)7-12/h4-7H,8,14H2,1-3H3. The highest BCUT2D eigenvalue weighted by molar-refractivity contribution is 7.11. The maximum absolute atomic E-state index is 5.78. The second kappa shape index (κ2) is 4.75. The lowest BCUT2D eigenvalue weighted by Crippen LogP contribution is -2.16. The Morgan fingerprint density at radius 3 is 2.71 bits per heavy atom. The van der Waals surface area contributed by atoms with Gasteiger partial charge in [0.1, 0.15) is 5.01 Å². The lowest BCUT2D eigenvalue weighted by molar-refractivity contribution is 0.905. The van der Waals surface area contributed by atoms with E-state index in [1.54, 1.807) is 11.3 Å². The van der Waals surface area contributed by atoms with E-state index < -0.39 is 0 Å². The van der Waals surface area contributed by atoms with Gasteiger partial charge in [0, 0.05) is 23.3 Å². The van der Waals surface area contributed by atoms with Crippen LogP contribution in [-0.2, 0) is 6.54 Å². The van der Waals surface area contributed by atoms with Gasteiger partial charge in [-0.05, 0) is 32.0 Å². The van der Waals surface area contributed by atoms with Gasteiger partial charge < -0.3 is 10.6 Å². The van der Waals surface area contributed by atoms with Crippen LogP contribution in [0.3, 0.4) is 0 Å². The summed E-state index contributed by atoms with van der Waals surface area (Å²) in [6.45, 7) is 4.98. The molecule has 4 heteroatoms. The summed E-state index contributed by atoms with van der Waals surface area (Å²) in [7, 11) is 2.06. The van der Waals surface area contributed by atoms with Gasteiger partial charge in [-0.1, -0.05) is 6.07 Å². The van der Waals surface area contributed by atoms with Crippen molar-refractivity contribution < 1.29 is 0 Å². The summed E-state index contributed by atoms with van der Waals surface area (Å²) in [4.78, 5) is 8.00. The monoisotopic (exact) mass is 247 g/mol. The molecular weight excluding hydrogens is 230 g/mol. The molecule has 0 aliphatic carbocycles. The molecule has 2 rings (SSSR count). The smallest absolute Gasteiger partial charge is 0.112 e. The van der Waals surface area contributed by atoms with Crippen LogP contribution in [0.25, 0.3) is 0 Å². The molecule has 0 amide bonds. The Bertz CT molecular complexity index is 500. The average molecular weight is 247 g/mol. The Hall–Kier alpha value is -1.55. The lowest BCUT2D eigenvalue weighted by atomic mass is 10.2. The van der Waals surface area contributed by atoms with Crippen LogP contribution in [0.5, 0.6) is 0 Å². The van der Waals surface area contributed by atoms with Crippen LogP contribution in [-0.4, -0.2) is 12.0 Å². The van der Waals surface area contributed by atoms with Crippen molar-refractivity contribution in [3.05, 3.63) is 39.8 Å². The van der Waals surface area contributed by atoms with Crippen molar-refractivity contribution in [1.29, 1.82) is 0 Å². The molecule has 0 saturated carbocycles. The quantitative estimate of drug-likeness (QED) is 0.848. The molecule has 0 unspecified atom stereocenters. The number of aryl methyl sites for hydroxylation is 2. The highest BCUT2D eigenvalue weighted by atomic mass is 32.1. The minimum atomic E-state index is 0.792. The maximum atomic E-state index is 5.78. The van der Waals surface area contributed by atoms with Gasteiger partial charge in [-0.2, -0.15) is 0 Å². The Morgan fingerprint density at radius 2 is 2.12 bits per heavy atom. The molecule has 0 aliphatic heterocycles. The fraction of sp³-hybridized carbons (Fsp3) is 0.308. The first-order chi connectivity index (χ1) is 8.06. The Kier molecular flexibility index (Phi) is 3.33. The highest BCUT2D eigenvalue weighted by Gasteiger charge is 2.07. The summed E-state index contributed by atoms with van der Waals surface area (Å²) in [6.07, 6.45) is 0. The van der Waals surface area contributed by atoms with Gasteiger partial charge in [-0.25, -0.2) is 4.98 Å². The maximum Gasteiger partial charge on any atom is 0.112 e. The summed E-state index contributed by atoms with van der Waals surface area (Å²) < 4.78 is 0. The first-order valence-corrected chi connectivity index (χ1v) is 6.37. The molecule has 90 valence electrons. The van der Waals surface area contributed by atoms with Gasteiger partial charge in [0.2, 0.25) is 0 Å². The number of thiazole rings is 1. The average Bonchev–Trinajstić information content (AvgIpc) is 2.58. The number of nitrogens with zero attached hydrogens (tertiary/aromatic N) is 2. The highest BCUT2D eigenvalue weighted by Crippen LogP contribution is 2.22. The van der Waals surface area contributed by atoms with Crippen molar-refractivity contribution in [1.82, 2.24) is 4.98 Å². The molecule has 1 aromatic carbocycles. The number of hydrogen-bond acceptors (Lipinski definition) is 4. The van der Waals surface area contributed by atoms with Crippen LogP contribution in [0.2, 0.25) is 0 Å². The molecule has 17 heavy (non-hydrogen) atoms. The zero-order valence-electron chi connectivity index (χ0n) is 10.4. The molecule has 3 nitrogen and oxygen atoms in total. The predicted molar refractivity (Wildman–Crippen MR) is 74.5 cm³/mol. The Balaban J connectivity index is 2.14. The SMILES string of the molecule is Cc1nc(CN(C)c2cccc(N)c2)sc1C. The number of hydrogen-bond donors (Lipinski definition) is 1. The molecule has 0 bridgehead atoms. The number of benzene rings is 1. The topological polar surface area (TPSA) is 42.2 Å². The molecule has 2 N–H and O–H groups in total. The number of rotatable bonds is 3.